The number of benzene rings is 2. The maximum atomic E-state index is 12.5. The Balaban J connectivity index is 1.71. The van der Waals surface area contributed by atoms with E-state index < -0.39 is 20.0 Å². The van der Waals surface area contributed by atoms with Crippen LogP contribution < -0.4 is 4.72 Å². The molecular formula is C19H24N2O4S2. The molecule has 0 amide bonds. The minimum Gasteiger partial charge on any atom is -0.207 e. The molecule has 0 aromatic heterocycles. The van der Waals surface area contributed by atoms with Gasteiger partial charge in [0.05, 0.1) is 9.79 Å². The zero-order chi connectivity index (χ0) is 19.7. The summed E-state index contributed by atoms with van der Waals surface area (Å²) < 4.78 is 54.2. The smallest absolute Gasteiger partial charge is 0.207 e. The van der Waals surface area contributed by atoms with Gasteiger partial charge in [-0.15, -0.1) is 0 Å². The average Bonchev–Trinajstić information content (AvgIpc) is 3.15. The van der Waals surface area contributed by atoms with E-state index in [1.165, 1.54) is 16.4 Å². The zero-order valence-electron chi connectivity index (χ0n) is 15.5. The maximum Gasteiger partial charge on any atom is 0.243 e. The van der Waals surface area contributed by atoms with Gasteiger partial charge in [-0.1, -0.05) is 29.8 Å². The molecule has 8 heteroatoms. The first-order chi connectivity index (χ1) is 12.7. The molecule has 3 rings (SSSR count). The highest BCUT2D eigenvalue weighted by Crippen LogP contribution is 2.21. The average molecular weight is 409 g/mol. The molecule has 0 aliphatic carbocycles. The largest absolute Gasteiger partial charge is 0.243 e. The van der Waals surface area contributed by atoms with Crippen molar-refractivity contribution >= 4 is 20.0 Å². The third-order valence-electron chi connectivity index (χ3n) is 4.71. The first-order valence-electron chi connectivity index (χ1n) is 8.86. The predicted octanol–water partition coefficient (Wildman–Crippen LogP) is 2.57. The lowest BCUT2D eigenvalue weighted by Gasteiger charge is -2.15. The minimum absolute atomic E-state index is 0.0969. The van der Waals surface area contributed by atoms with Gasteiger partial charge in [0.2, 0.25) is 20.0 Å². The van der Waals surface area contributed by atoms with Gasteiger partial charge in [-0.25, -0.2) is 21.6 Å². The van der Waals surface area contributed by atoms with Crippen molar-refractivity contribution in [2.24, 2.45) is 0 Å². The van der Waals surface area contributed by atoms with Crippen LogP contribution in [-0.2, 0) is 26.6 Å². The molecule has 0 atom stereocenters. The molecule has 2 aromatic carbocycles. The topological polar surface area (TPSA) is 83.5 Å². The first kappa shape index (κ1) is 20.0. The van der Waals surface area contributed by atoms with Crippen LogP contribution in [0.1, 0.15) is 29.5 Å². The highest BCUT2D eigenvalue weighted by Gasteiger charge is 2.27. The molecule has 1 N–H and O–H groups in total. The second kappa shape index (κ2) is 7.71. The lowest BCUT2D eigenvalue weighted by Crippen LogP contribution is -2.28. The summed E-state index contributed by atoms with van der Waals surface area (Å²) in [4.78, 5) is 0.492. The Morgan fingerprint density at radius 1 is 0.926 bits per heavy atom. The monoisotopic (exact) mass is 408 g/mol. The van der Waals surface area contributed by atoms with Crippen molar-refractivity contribution in [2.75, 3.05) is 13.1 Å². The lowest BCUT2D eigenvalue weighted by molar-refractivity contribution is 0.477. The van der Waals surface area contributed by atoms with Gasteiger partial charge in [0.1, 0.15) is 0 Å². The highest BCUT2D eigenvalue weighted by molar-refractivity contribution is 7.89. The number of sulfonamides is 2. The van der Waals surface area contributed by atoms with Crippen LogP contribution in [0.4, 0.5) is 0 Å². The molecule has 0 unspecified atom stereocenters. The van der Waals surface area contributed by atoms with Gasteiger partial charge in [0.15, 0.2) is 0 Å². The Labute approximate surface area is 161 Å². The number of rotatable bonds is 6. The van der Waals surface area contributed by atoms with Crippen molar-refractivity contribution < 1.29 is 16.8 Å². The van der Waals surface area contributed by atoms with Crippen molar-refractivity contribution in [3.8, 4) is 0 Å². The predicted molar refractivity (Wildman–Crippen MR) is 104 cm³/mol. The summed E-state index contributed by atoms with van der Waals surface area (Å²) in [6.07, 6.45) is 1.77. The SMILES string of the molecule is Cc1ccc(S(=O)(=O)NCc2ccc(S(=O)(=O)N3CCCC3)cc2)c(C)c1. The molecule has 0 spiro atoms. The van der Waals surface area contributed by atoms with Crippen LogP contribution in [0.25, 0.3) is 0 Å². The van der Waals surface area contributed by atoms with Crippen molar-refractivity contribution in [1.82, 2.24) is 9.03 Å². The quantitative estimate of drug-likeness (QED) is 0.796. The second-order valence-electron chi connectivity index (χ2n) is 6.85. The fourth-order valence-corrected chi connectivity index (χ4v) is 5.97. The summed E-state index contributed by atoms with van der Waals surface area (Å²) in [5, 5.41) is 0. The Morgan fingerprint density at radius 3 is 2.15 bits per heavy atom. The van der Waals surface area contributed by atoms with Crippen LogP contribution >= 0.6 is 0 Å². The van der Waals surface area contributed by atoms with Crippen LogP contribution in [-0.4, -0.2) is 34.2 Å². The standard InChI is InChI=1S/C19H24N2O4S2/c1-15-5-10-19(16(2)13-15)26(22,23)20-14-17-6-8-18(9-7-17)27(24,25)21-11-3-4-12-21/h5-10,13,20H,3-4,11-12,14H2,1-2H3. The third kappa shape index (κ3) is 4.40. The van der Waals surface area contributed by atoms with E-state index in [2.05, 4.69) is 4.72 Å². The van der Waals surface area contributed by atoms with E-state index in [0.29, 0.717) is 24.2 Å². The van der Waals surface area contributed by atoms with Gasteiger partial charge < -0.3 is 0 Å². The van der Waals surface area contributed by atoms with Gasteiger partial charge >= 0.3 is 0 Å². The fourth-order valence-electron chi connectivity index (χ4n) is 3.21. The molecular weight excluding hydrogens is 384 g/mol. The van der Waals surface area contributed by atoms with E-state index in [4.69, 9.17) is 0 Å². The molecule has 1 aliphatic rings. The van der Waals surface area contributed by atoms with Crippen LogP contribution in [0.15, 0.2) is 52.3 Å². The molecule has 0 bridgehead atoms. The summed E-state index contributed by atoms with van der Waals surface area (Å²) in [6, 6.07) is 11.6. The van der Waals surface area contributed by atoms with Crippen LogP contribution in [0.2, 0.25) is 0 Å². The third-order valence-corrected chi connectivity index (χ3v) is 8.19. The summed E-state index contributed by atoms with van der Waals surface area (Å²) in [6.45, 7) is 4.88. The number of nitrogens with zero attached hydrogens (tertiary/aromatic N) is 1. The summed E-state index contributed by atoms with van der Waals surface area (Å²) in [7, 11) is -7.09. The molecule has 0 saturated carbocycles. The van der Waals surface area contributed by atoms with E-state index >= 15 is 0 Å². The molecule has 1 saturated heterocycles. The maximum absolute atomic E-state index is 12.5. The van der Waals surface area contributed by atoms with Gasteiger partial charge in [0, 0.05) is 19.6 Å². The molecule has 1 heterocycles. The van der Waals surface area contributed by atoms with Crippen molar-refractivity contribution in [3.05, 3.63) is 59.2 Å². The molecule has 6 nitrogen and oxygen atoms in total. The van der Waals surface area contributed by atoms with Crippen LogP contribution in [0, 0.1) is 13.8 Å². The van der Waals surface area contributed by atoms with Gasteiger partial charge in [-0.05, 0) is 56.0 Å². The van der Waals surface area contributed by atoms with E-state index in [-0.39, 0.29) is 16.3 Å². The van der Waals surface area contributed by atoms with E-state index in [1.54, 1.807) is 31.2 Å². The summed E-state index contributed by atoms with van der Waals surface area (Å²) in [5.41, 5.74) is 2.39. The Kier molecular flexibility index (Phi) is 5.71. The molecule has 1 fully saturated rings. The number of aryl methyl sites for hydroxylation is 2. The van der Waals surface area contributed by atoms with Gasteiger partial charge in [-0.2, -0.15) is 4.31 Å². The van der Waals surface area contributed by atoms with E-state index in [1.807, 2.05) is 13.0 Å². The number of nitrogens with one attached hydrogen (secondary N) is 1. The van der Waals surface area contributed by atoms with Crippen LogP contribution in [0.5, 0.6) is 0 Å². The van der Waals surface area contributed by atoms with Crippen molar-refractivity contribution in [1.29, 1.82) is 0 Å². The zero-order valence-corrected chi connectivity index (χ0v) is 17.1. The van der Waals surface area contributed by atoms with Gasteiger partial charge in [0.25, 0.3) is 0 Å². The molecule has 27 heavy (non-hydrogen) atoms. The Morgan fingerprint density at radius 2 is 1.56 bits per heavy atom. The van der Waals surface area contributed by atoms with E-state index in [9.17, 15) is 16.8 Å². The normalized spacial score (nSPS) is 15.9. The Bertz CT molecular complexity index is 1020. The van der Waals surface area contributed by atoms with Gasteiger partial charge in [-0.3, -0.25) is 0 Å². The summed E-state index contributed by atoms with van der Waals surface area (Å²) >= 11 is 0. The first-order valence-corrected chi connectivity index (χ1v) is 11.8. The number of hydrogen-bond acceptors (Lipinski definition) is 4. The number of hydrogen-bond donors (Lipinski definition) is 1. The minimum atomic E-state index is -3.63. The highest BCUT2D eigenvalue weighted by atomic mass is 32.2. The van der Waals surface area contributed by atoms with Crippen molar-refractivity contribution in [2.45, 2.75) is 43.0 Å². The van der Waals surface area contributed by atoms with Crippen LogP contribution in [0.3, 0.4) is 0 Å². The summed E-state index contributed by atoms with van der Waals surface area (Å²) in [5.74, 6) is 0. The lowest BCUT2D eigenvalue weighted by atomic mass is 10.2. The van der Waals surface area contributed by atoms with Crippen molar-refractivity contribution in [3.63, 3.8) is 0 Å². The molecule has 2 aromatic rings. The molecule has 1 aliphatic heterocycles. The Hall–Kier alpha value is -1.74. The second-order valence-corrected chi connectivity index (χ2v) is 10.5. The molecule has 146 valence electrons. The van der Waals surface area contributed by atoms with E-state index in [0.717, 1.165) is 18.4 Å². The fraction of sp³-hybridized carbons (Fsp3) is 0.368. The molecule has 0 radical (unpaired) electrons.